The summed E-state index contributed by atoms with van der Waals surface area (Å²) in [5.41, 5.74) is 4.44. The zero-order chi connectivity index (χ0) is 26.1. The molecule has 2 heterocycles. The van der Waals surface area contributed by atoms with Gasteiger partial charge in [-0.05, 0) is 91.9 Å². The summed E-state index contributed by atoms with van der Waals surface area (Å²) in [7, 11) is 1.58. The van der Waals surface area contributed by atoms with Gasteiger partial charge in [0.05, 0.1) is 7.11 Å². The van der Waals surface area contributed by atoms with E-state index in [0.29, 0.717) is 24.1 Å². The van der Waals surface area contributed by atoms with Gasteiger partial charge in [0, 0.05) is 29.8 Å². The largest absolute Gasteiger partial charge is 0.508 e. The van der Waals surface area contributed by atoms with E-state index < -0.39 is 6.10 Å². The molecule has 0 saturated carbocycles. The number of hydrogen-bond donors (Lipinski definition) is 2. The van der Waals surface area contributed by atoms with Gasteiger partial charge in [0.1, 0.15) is 41.5 Å². The number of phenolic OH excluding ortho intramolecular Hbond substituents is 2. The van der Waals surface area contributed by atoms with Gasteiger partial charge in [-0.2, -0.15) is 0 Å². The van der Waals surface area contributed by atoms with Crippen molar-refractivity contribution in [3.05, 3.63) is 77.4 Å². The molecule has 194 valence electrons. The highest BCUT2D eigenvalue weighted by Gasteiger charge is 2.30. The molecule has 1 saturated heterocycles. The van der Waals surface area contributed by atoms with Crippen molar-refractivity contribution < 1.29 is 24.4 Å². The van der Waals surface area contributed by atoms with Gasteiger partial charge >= 0.3 is 0 Å². The third kappa shape index (κ3) is 5.25. The monoisotopic (exact) mass is 501 g/mol. The predicted octanol–water partition coefficient (Wildman–Crippen LogP) is 6.28. The molecule has 5 rings (SSSR count). The van der Waals surface area contributed by atoms with E-state index in [-0.39, 0.29) is 11.5 Å². The van der Waals surface area contributed by atoms with E-state index in [2.05, 4.69) is 18.7 Å². The number of benzene rings is 3. The Hall–Kier alpha value is -3.64. The third-order valence-corrected chi connectivity index (χ3v) is 7.47. The first-order valence-electron chi connectivity index (χ1n) is 12.9. The summed E-state index contributed by atoms with van der Waals surface area (Å²) >= 11 is 0. The molecule has 0 spiro atoms. The number of hydrogen-bond acceptors (Lipinski definition) is 6. The first-order valence-corrected chi connectivity index (χ1v) is 12.9. The fourth-order valence-corrected chi connectivity index (χ4v) is 5.33. The first kappa shape index (κ1) is 25.0. The Kier molecular flexibility index (Phi) is 7.02. The van der Waals surface area contributed by atoms with Crippen molar-refractivity contribution in [3.63, 3.8) is 0 Å². The van der Waals surface area contributed by atoms with Crippen molar-refractivity contribution in [1.82, 2.24) is 4.90 Å². The van der Waals surface area contributed by atoms with Crippen LogP contribution in [0.15, 0.2) is 60.7 Å². The molecule has 0 aromatic heterocycles. The van der Waals surface area contributed by atoms with Gasteiger partial charge in [-0.25, -0.2) is 0 Å². The van der Waals surface area contributed by atoms with Crippen LogP contribution in [-0.2, 0) is 0 Å². The summed E-state index contributed by atoms with van der Waals surface area (Å²) in [6.07, 6.45) is 0.839. The lowest BCUT2D eigenvalue weighted by molar-refractivity contribution is 0.169. The number of aromatic hydroxyl groups is 2. The van der Waals surface area contributed by atoms with Crippen molar-refractivity contribution in [3.8, 4) is 28.7 Å². The average Bonchev–Trinajstić information content (AvgIpc) is 3.33. The van der Waals surface area contributed by atoms with Crippen LogP contribution in [0, 0.1) is 5.92 Å². The van der Waals surface area contributed by atoms with Crippen LogP contribution in [0.25, 0.3) is 11.1 Å². The van der Waals surface area contributed by atoms with E-state index in [1.54, 1.807) is 37.4 Å². The highest BCUT2D eigenvalue weighted by molar-refractivity contribution is 5.96. The lowest BCUT2D eigenvalue weighted by Crippen LogP contribution is -2.35. The predicted molar refractivity (Wildman–Crippen MR) is 145 cm³/mol. The Morgan fingerprint density at radius 3 is 2.49 bits per heavy atom. The highest BCUT2D eigenvalue weighted by atomic mass is 16.5. The van der Waals surface area contributed by atoms with Crippen LogP contribution in [0.4, 0.5) is 0 Å². The van der Waals surface area contributed by atoms with Gasteiger partial charge in [-0.3, -0.25) is 4.90 Å². The summed E-state index contributed by atoms with van der Waals surface area (Å²) in [4.78, 5) is 2.49. The van der Waals surface area contributed by atoms with Crippen molar-refractivity contribution in [2.45, 2.75) is 39.3 Å². The minimum atomic E-state index is -0.414. The smallest absolute Gasteiger partial charge is 0.150 e. The maximum Gasteiger partial charge on any atom is 0.150 e. The molecule has 0 radical (unpaired) electrons. The molecule has 0 amide bonds. The molecule has 2 aliphatic heterocycles. The summed E-state index contributed by atoms with van der Waals surface area (Å²) in [5.74, 6) is 3.12. The quantitative estimate of drug-likeness (QED) is 0.397. The minimum Gasteiger partial charge on any atom is -0.508 e. The summed E-state index contributed by atoms with van der Waals surface area (Å²) in [5, 5.41) is 20.5. The summed E-state index contributed by atoms with van der Waals surface area (Å²) in [6.45, 7) is 9.46. The molecule has 1 fully saturated rings. The Morgan fingerprint density at radius 2 is 1.78 bits per heavy atom. The molecular weight excluding hydrogens is 466 g/mol. The summed E-state index contributed by atoms with van der Waals surface area (Å²) < 4.78 is 18.0. The molecule has 2 aliphatic rings. The van der Waals surface area contributed by atoms with Crippen molar-refractivity contribution in [2.24, 2.45) is 5.92 Å². The molecular formula is C31H35NO5. The van der Waals surface area contributed by atoms with Crippen LogP contribution in [0.1, 0.15) is 50.0 Å². The molecule has 3 unspecified atom stereocenters. The van der Waals surface area contributed by atoms with E-state index in [0.717, 1.165) is 52.6 Å². The topological polar surface area (TPSA) is 71.4 Å². The Morgan fingerprint density at radius 1 is 1.00 bits per heavy atom. The Labute approximate surface area is 218 Å². The zero-order valence-electron chi connectivity index (χ0n) is 21.9. The highest BCUT2D eigenvalue weighted by Crippen LogP contribution is 2.48. The number of phenols is 2. The molecule has 37 heavy (non-hydrogen) atoms. The minimum absolute atomic E-state index is 0.111. The Balaban J connectivity index is 1.44. The van der Waals surface area contributed by atoms with Crippen LogP contribution >= 0.6 is 0 Å². The average molecular weight is 502 g/mol. The SMILES string of the molecule is COc1cc(O)cc(C2=C(C)c3cc(O)ccc3OC2c2ccc(OCC(C)N3CCC(C)C3)cc2)c1. The lowest BCUT2D eigenvalue weighted by Gasteiger charge is -2.31. The number of methoxy groups -OCH3 is 1. The molecule has 0 bridgehead atoms. The number of allylic oxidation sites excluding steroid dienone is 1. The number of nitrogens with zero attached hydrogens (tertiary/aromatic N) is 1. The van der Waals surface area contributed by atoms with Crippen LogP contribution in [0.2, 0.25) is 0 Å². The fourth-order valence-electron chi connectivity index (χ4n) is 5.33. The van der Waals surface area contributed by atoms with E-state index in [9.17, 15) is 10.2 Å². The lowest BCUT2D eigenvalue weighted by atomic mass is 9.86. The second-order valence-electron chi connectivity index (χ2n) is 10.3. The number of rotatable bonds is 7. The maximum atomic E-state index is 10.4. The normalized spacial score (nSPS) is 20.3. The second-order valence-corrected chi connectivity index (χ2v) is 10.3. The van der Waals surface area contributed by atoms with Crippen molar-refractivity contribution in [2.75, 3.05) is 26.8 Å². The number of fused-ring (bicyclic) bond motifs is 1. The van der Waals surface area contributed by atoms with E-state index in [1.165, 1.54) is 6.42 Å². The molecule has 3 aromatic rings. The van der Waals surface area contributed by atoms with Gasteiger partial charge in [-0.15, -0.1) is 0 Å². The molecule has 3 atom stereocenters. The van der Waals surface area contributed by atoms with E-state index >= 15 is 0 Å². The Bertz CT molecular complexity index is 1300. The van der Waals surface area contributed by atoms with Gasteiger partial charge in [0.2, 0.25) is 0 Å². The van der Waals surface area contributed by atoms with Crippen LogP contribution in [-0.4, -0.2) is 48.0 Å². The number of ether oxygens (including phenoxy) is 3. The standard InChI is InChI=1S/C31H35NO5/c1-19-11-12-32(17-19)20(2)18-36-26-8-5-22(6-9-26)31-30(23-13-25(34)15-27(14-23)35-4)21(3)28-16-24(33)7-10-29(28)37-31/h5-10,13-16,19-20,31,33-34H,11-12,17-18H2,1-4H3. The first-order chi connectivity index (χ1) is 17.8. The van der Waals surface area contributed by atoms with Crippen LogP contribution in [0.5, 0.6) is 28.7 Å². The van der Waals surface area contributed by atoms with E-state index in [1.807, 2.05) is 37.3 Å². The van der Waals surface area contributed by atoms with Gasteiger partial charge in [0.25, 0.3) is 0 Å². The molecule has 6 heteroatoms. The van der Waals surface area contributed by atoms with Crippen LogP contribution in [0.3, 0.4) is 0 Å². The van der Waals surface area contributed by atoms with E-state index in [4.69, 9.17) is 14.2 Å². The molecule has 2 N–H and O–H groups in total. The van der Waals surface area contributed by atoms with Gasteiger partial charge in [-0.1, -0.05) is 19.1 Å². The van der Waals surface area contributed by atoms with Gasteiger partial charge < -0.3 is 24.4 Å². The summed E-state index contributed by atoms with van der Waals surface area (Å²) in [6, 6.07) is 18.7. The molecule has 3 aromatic carbocycles. The van der Waals surface area contributed by atoms with Crippen molar-refractivity contribution in [1.29, 1.82) is 0 Å². The third-order valence-electron chi connectivity index (χ3n) is 7.47. The zero-order valence-corrected chi connectivity index (χ0v) is 21.9. The molecule has 6 nitrogen and oxygen atoms in total. The maximum absolute atomic E-state index is 10.4. The number of likely N-dealkylation sites (tertiary alicyclic amines) is 1. The molecule has 0 aliphatic carbocycles. The fraction of sp³-hybridized carbons (Fsp3) is 0.355. The second kappa shape index (κ2) is 10.4. The van der Waals surface area contributed by atoms with Gasteiger partial charge in [0.15, 0.2) is 0 Å². The van der Waals surface area contributed by atoms with Crippen LogP contribution < -0.4 is 14.2 Å². The van der Waals surface area contributed by atoms with Crippen molar-refractivity contribution >= 4 is 11.1 Å².